The van der Waals surface area contributed by atoms with Crippen LogP contribution in [-0.4, -0.2) is 14.1 Å². The van der Waals surface area contributed by atoms with Crippen molar-refractivity contribution in [3.8, 4) is 39.9 Å². The number of ether oxygens (including phenoxy) is 1. The van der Waals surface area contributed by atoms with Gasteiger partial charge in [-0.15, -0.1) is 35.4 Å². The van der Waals surface area contributed by atoms with Crippen molar-refractivity contribution in [2.75, 3.05) is 0 Å². The second-order valence-corrected chi connectivity index (χ2v) is 23.9. The fourth-order valence-electron chi connectivity index (χ4n) is 10.1. The quantitative estimate of drug-likeness (QED) is 0.101. The second-order valence-electron chi connectivity index (χ2n) is 23.9. The smallest absolute Gasteiger partial charge is 0.267 e. The van der Waals surface area contributed by atoms with Gasteiger partial charge in [0.2, 0.25) is 0 Å². The van der Waals surface area contributed by atoms with E-state index in [1.807, 2.05) is 6.20 Å². The Kier molecular flexibility index (Phi) is 13.7. The third kappa shape index (κ3) is 9.96. The first kappa shape index (κ1) is 52.1. The van der Waals surface area contributed by atoms with Gasteiger partial charge in [0.1, 0.15) is 5.82 Å². The normalized spacial score (nSPS) is 12.6. The Morgan fingerprint density at radius 2 is 1.05 bits per heavy atom. The van der Waals surface area contributed by atoms with Crippen molar-refractivity contribution in [3.05, 3.63) is 234 Å². The van der Waals surface area contributed by atoms with E-state index in [0.29, 0.717) is 11.5 Å². The molecule has 7 aromatic carbocycles. The molecule has 0 radical (unpaired) electrons. The molecule has 0 saturated carbocycles. The second kappa shape index (κ2) is 19.5. The summed E-state index contributed by atoms with van der Waals surface area (Å²) in [4.78, 5) is 5.05. The maximum atomic E-state index is 7.29. The number of nitrogens with zero attached hydrogens (tertiary/aromatic N) is 4. The number of rotatable bonds is 10. The van der Waals surface area contributed by atoms with Crippen molar-refractivity contribution < 1.29 is 30.4 Å². The van der Waals surface area contributed by atoms with Gasteiger partial charge in [-0.3, -0.25) is 4.57 Å². The number of pyridine rings is 1. The molecule has 3 aromatic heterocycles. The first-order valence-electron chi connectivity index (χ1n) is 25.7. The molecule has 0 atom stereocenters. The van der Waals surface area contributed by atoms with Gasteiger partial charge in [-0.25, -0.2) is 4.98 Å². The predicted octanol–water partition coefficient (Wildman–Crippen LogP) is 16.6. The van der Waals surface area contributed by atoms with Gasteiger partial charge in [-0.2, -0.15) is 6.07 Å². The van der Waals surface area contributed by atoms with Gasteiger partial charge in [0.15, 0.2) is 0 Å². The molecule has 0 aliphatic rings. The summed E-state index contributed by atoms with van der Waals surface area (Å²) in [5.41, 5.74) is 13.2. The Morgan fingerprint density at radius 3 is 1.66 bits per heavy atom. The van der Waals surface area contributed by atoms with Crippen molar-refractivity contribution in [3.63, 3.8) is 0 Å². The van der Waals surface area contributed by atoms with Gasteiger partial charge >= 0.3 is 0 Å². The third-order valence-electron chi connectivity index (χ3n) is 14.9. The van der Waals surface area contributed by atoms with Crippen molar-refractivity contribution in [1.29, 1.82) is 0 Å². The summed E-state index contributed by atoms with van der Waals surface area (Å²) >= 11 is 0. The van der Waals surface area contributed by atoms with Gasteiger partial charge in [0, 0.05) is 50.5 Å². The molecule has 74 heavy (non-hydrogen) atoms. The SMILES string of the molecule is CC(C)(C)c1cc(-[n+]2[c-]n(-c3[c-]c(Oc4[c-]c5c(c(C(C)(C)c6ccccc6)c4)c4ccccc4n5-c4cc(C(C)(C)C)ccn4)cc(C(C)(C)c4ccccc4)c3)cc2-c2ccccc2)cc(C(C)(C)C)c1.[Pt]. The fraction of sp³-hybridized carbons (Fsp3) is 0.265. The summed E-state index contributed by atoms with van der Waals surface area (Å²) in [7, 11) is 0. The first-order chi connectivity index (χ1) is 34.6. The number of benzene rings is 7. The van der Waals surface area contributed by atoms with Crippen LogP contribution in [0.2, 0.25) is 0 Å². The zero-order valence-electron chi connectivity index (χ0n) is 45.3. The molecular formula is C68H68N4OPt-2. The zero-order chi connectivity index (χ0) is 51.7. The van der Waals surface area contributed by atoms with Gasteiger partial charge in [0.25, 0.3) is 6.33 Å². The minimum absolute atomic E-state index is 0. The van der Waals surface area contributed by atoms with Gasteiger partial charge in [0.05, 0.1) is 11.4 Å². The number of para-hydroxylation sites is 1. The molecule has 0 bridgehead atoms. The summed E-state index contributed by atoms with van der Waals surface area (Å²) in [5, 5.41) is 2.25. The van der Waals surface area contributed by atoms with Crippen LogP contribution in [0.3, 0.4) is 0 Å². The molecule has 0 aliphatic carbocycles. The summed E-state index contributed by atoms with van der Waals surface area (Å²) in [6.07, 6.45) is 7.94. The molecular weight excluding hydrogens is 1080 g/mol. The topological polar surface area (TPSA) is 35.9 Å². The Bertz CT molecular complexity index is 3600. The molecule has 6 heteroatoms. The van der Waals surface area contributed by atoms with E-state index in [-0.39, 0.29) is 37.3 Å². The maximum Gasteiger partial charge on any atom is 0.267 e. The van der Waals surface area contributed by atoms with Gasteiger partial charge < -0.3 is 13.9 Å². The van der Waals surface area contributed by atoms with E-state index >= 15 is 0 Å². The maximum absolute atomic E-state index is 7.29. The van der Waals surface area contributed by atoms with Crippen LogP contribution in [-0.2, 0) is 48.1 Å². The largest absolute Gasteiger partial charge is 0.510 e. The van der Waals surface area contributed by atoms with Crippen molar-refractivity contribution in [1.82, 2.24) is 14.1 Å². The van der Waals surface area contributed by atoms with E-state index in [9.17, 15) is 0 Å². The van der Waals surface area contributed by atoms with Crippen LogP contribution in [0.5, 0.6) is 11.5 Å². The Hall–Kier alpha value is -6.81. The number of fused-ring (bicyclic) bond motifs is 3. The van der Waals surface area contributed by atoms with Crippen LogP contribution >= 0.6 is 0 Å². The number of imidazole rings is 1. The molecule has 0 fully saturated rings. The molecule has 0 N–H and O–H groups in total. The molecule has 0 unspecified atom stereocenters. The summed E-state index contributed by atoms with van der Waals surface area (Å²) in [6, 6.07) is 66.3. The van der Waals surface area contributed by atoms with Crippen molar-refractivity contribution >= 4 is 21.8 Å². The monoisotopic (exact) mass is 1150 g/mol. The molecule has 10 aromatic rings. The Balaban J connectivity index is 0.00000672. The summed E-state index contributed by atoms with van der Waals surface area (Å²) in [6.45, 7) is 29.6. The van der Waals surface area contributed by atoms with Crippen LogP contribution in [0.1, 0.15) is 129 Å². The summed E-state index contributed by atoms with van der Waals surface area (Å²) in [5.74, 6) is 2.00. The van der Waals surface area contributed by atoms with E-state index in [2.05, 4.69) is 292 Å². The fourth-order valence-corrected chi connectivity index (χ4v) is 10.1. The minimum Gasteiger partial charge on any atom is -0.510 e. The molecule has 5 nitrogen and oxygen atoms in total. The Morgan fingerprint density at radius 1 is 0.500 bits per heavy atom. The first-order valence-corrected chi connectivity index (χ1v) is 25.7. The molecule has 3 heterocycles. The average molecular weight is 1150 g/mol. The number of hydrogen-bond acceptors (Lipinski definition) is 2. The number of hydrogen-bond donors (Lipinski definition) is 0. The third-order valence-corrected chi connectivity index (χ3v) is 14.9. The van der Waals surface area contributed by atoms with E-state index in [1.165, 1.54) is 27.8 Å². The van der Waals surface area contributed by atoms with E-state index in [1.54, 1.807) is 0 Å². The van der Waals surface area contributed by atoms with Crippen molar-refractivity contribution in [2.45, 2.75) is 117 Å². The molecule has 0 spiro atoms. The Labute approximate surface area is 454 Å². The van der Waals surface area contributed by atoms with Crippen LogP contribution in [0.15, 0.2) is 176 Å². The minimum atomic E-state index is -0.437. The summed E-state index contributed by atoms with van der Waals surface area (Å²) < 4.78 is 13.9. The molecule has 0 aliphatic heterocycles. The molecule has 0 amide bonds. The molecule has 10 rings (SSSR count). The van der Waals surface area contributed by atoms with Crippen LogP contribution in [0, 0.1) is 18.5 Å². The van der Waals surface area contributed by atoms with Crippen LogP contribution in [0.4, 0.5) is 0 Å². The zero-order valence-corrected chi connectivity index (χ0v) is 47.5. The van der Waals surface area contributed by atoms with Crippen molar-refractivity contribution in [2.24, 2.45) is 0 Å². The molecule has 378 valence electrons. The van der Waals surface area contributed by atoms with E-state index < -0.39 is 10.8 Å². The molecule has 0 saturated heterocycles. The van der Waals surface area contributed by atoms with Gasteiger partial charge in [-0.05, 0) is 102 Å². The number of aromatic nitrogens is 4. The van der Waals surface area contributed by atoms with Gasteiger partial charge in [-0.1, -0.05) is 216 Å². The van der Waals surface area contributed by atoms with Crippen LogP contribution < -0.4 is 9.30 Å². The standard InChI is InChI=1S/C68H68N4O.Pt/c1-64(2,3)49-33-34-69-62(40-49)72-59-32-24-23-31-57(59)63-58(68(12,13)48-29-21-16-22-30-48)42-56(43-60(63)72)73-55-39-52(67(10,11)47-27-19-15-20-28-47)38-53(41-55)70-44-61(46-25-17-14-18-26-46)71(45-70)54-36-50(65(4,5)6)35-51(37-54)66(7,8)9;/h14-40,42,44H,1-13H3;/q-2;. The van der Waals surface area contributed by atoms with E-state index in [0.717, 1.165) is 61.4 Å². The average Bonchev–Trinajstić information content (AvgIpc) is 3.97. The van der Waals surface area contributed by atoms with E-state index in [4.69, 9.17) is 9.72 Å². The van der Waals surface area contributed by atoms with Crippen LogP contribution in [0.25, 0.3) is 50.3 Å². The predicted molar refractivity (Wildman–Crippen MR) is 301 cm³/mol.